The number of aromatic nitrogens is 2. The lowest BCUT2D eigenvalue weighted by atomic mass is 9.90. The molecule has 51 heavy (non-hydrogen) atoms. The molecular formula is C38H40F3N5O5. The number of aliphatic hydroxyl groups is 1. The summed E-state index contributed by atoms with van der Waals surface area (Å²) in [5, 5.41) is 10.8. The number of fused-ring (bicyclic) bond motifs is 1. The number of H-pyrrole nitrogens is 1. The van der Waals surface area contributed by atoms with Crippen molar-refractivity contribution in [3.63, 3.8) is 0 Å². The molecular weight excluding hydrogens is 663 g/mol. The first kappa shape index (κ1) is 34.7. The van der Waals surface area contributed by atoms with Crippen molar-refractivity contribution in [3.8, 4) is 0 Å². The molecule has 7 rings (SSSR count). The highest BCUT2D eigenvalue weighted by molar-refractivity contribution is 5.82. The Morgan fingerprint density at radius 1 is 0.961 bits per heavy atom. The molecule has 2 aromatic carbocycles. The molecule has 13 heteroatoms. The summed E-state index contributed by atoms with van der Waals surface area (Å²) in [6, 6.07) is 12.3. The Labute approximate surface area is 293 Å². The minimum atomic E-state index is -4.62. The SMILES string of the molecule is O=C(CCN1CCCC1=O)N1CC=C(c2cccc(C3(c4nc5c(c(=O)[nH]4)CN(C(=O)[C@H](O)c4cccc(C(F)(F)F)c4)CCC5)CC3)c2)CC1. The maximum absolute atomic E-state index is 13.6. The number of aromatic amines is 1. The van der Waals surface area contributed by atoms with Crippen LogP contribution in [0.4, 0.5) is 13.2 Å². The quantitative estimate of drug-likeness (QED) is 0.356. The van der Waals surface area contributed by atoms with Crippen LogP contribution in [0.15, 0.2) is 59.4 Å². The van der Waals surface area contributed by atoms with Gasteiger partial charge in [-0.3, -0.25) is 19.2 Å². The molecule has 10 nitrogen and oxygen atoms in total. The van der Waals surface area contributed by atoms with Gasteiger partial charge in [0.05, 0.1) is 28.8 Å². The third kappa shape index (κ3) is 7.08. The number of alkyl halides is 3. The van der Waals surface area contributed by atoms with Crippen molar-refractivity contribution in [3.05, 3.63) is 104 Å². The van der Waals surface area contributed by atoms with Crippen LogP contribution in [0.25, 0.3) is 5.57 Å². The highest BCUT2D eigenvalue weighted by atomic mass is 19.4. The number of benzene rings is 2. The zero-order chi connectivity index (χ0) is 35.9. The fourth-order valence-electron chi connectivity index (χ4n) is 7.53. The van der Waals surface area contributed by atoms with Crippen molar-refractivity contribution in [1.29, 1.82) is 0 Å². The van der Waals surface area contributed by atoms with E-state index in [0.29, 0.717) is 68.8 Å². The van der Waals surface area contributed by atoms with Gasteiger partial charge in [0.1, 0.15) is 5.82 Å². The Morgan fingerprint density at radius 3 is 2.45 bits per heavy atom. The first-order chi connectivity index (χ1) is 24.4. The number of aryl methyl sites for hydroxylation is 1. The van der Waals surface area contributed by atoms with Crippen LogP contribution in [0.5, 0.6) is 0 Å². The number of halogens is 3. The topological polar surface area (TPSA) is 127 Å². The molecule has 1 saturated heterocycles. The molecule has 1 aromatic heterocycles. The molecule has 2 fully saturated rings. The Morgan fingerprint density at radius 2 is 1.75 bits per heavy atom. The van der Waals surface area contributed by atoms with Crippen molar-refractivity contribution in [1.82, 2.24) is 24.7 Å². The Hall–Kier alpha value is -4.78. The smallest absolute Gasteiger partial charge is 0.378 e. The summed E-state index contributed by atoms with van der Waals surface area (Å²) in [7, 11) is 0. The second-order valence-corrected chi connectivity index (χ2v) is 13.9. The molecule has 3 amide bonds. The highest BCUT2D eigenvalue weighted by Gasteiger charge is 2.49. The van der Waals surface area contributed by atoms with E-state index in [0.717, 1.165) is 60.7 Å². The normalized spacial score (nSPS) is 19.3. The van der Waals surface area contributed by atoms with E-state index in [4.69, 9.17) is 4.98 Å². The van der Waals surface area contributed by atoms with Crippen molar-refractivity contribution in [2.24, 2.45) is 0 Å². The van der Waals surface area contributed by atoms with E-state index in [-0.39, 0.29) is 36.0 Å². The molecule has 1 aliphatic carbocycles. The van der Waals surface area contributed by atoms with Crippen LogP contribution in [-0.4, -0.2) is 80.2 Å². The summed E-state index contributed by atoms with van der Waals surface area (Å²) < 4.78 is 39.7. The van der Waals surface area contributed by atoms with Crippen LogP contribution >= 0.6 is 0 Å². The van der Waals surface area contributed by atoms with Crippen LogP contribution in [0.2, 0.25) is 0 Å². The fourth-order valence-corrected chi connectivity index (χ4v) is 7.53. The number of carbonyl (C=O) groups excluding carboxylic acids is 3. The summed E-state index contributed by atoms with van der Waals surface area (Å²) in [5.41, 5.74) is 2.16. The molecule has 3 aromatic rings. The molecule has 3 aliphatic heterocycles. The van der Waals surface area contributed by atoms with Crippen LogP contribution < -0.4 is 5.56 Å². The molecule has 1 atom stereocenters. The lowest BCUT2D eigenvalue weighted by Crippen LogP contribution is -2.37. The standard InChI is InChI=1S/C38H40F3N5O5/c39-38(40,41)28-8-2-6-26(22-28)33(49)35(51)46-17-3-9-30-29(23-46)34(50)43-36(42-30)37(14-15-37)27-7-1-5-25(21-27)24-11-18-45(19-12-24)32(48)13-20-44-16-4-10-31(44)47/h1-2,5-8,11,21-22,33,49H,3-4,9-10,12-20,23H2,(H,42,43,50)/t33-/m1/s1. The van der Waals surface area contributed by atoms with Crippen molar-refractivity contribution >= 4 is 23.3 Å². The van der Waals surface area contributed by atoms with Crippen molar-refractivity contribution < 1.29 is 32.7 Å². The van der Waals surface area contributed by atoms with Gasteiger partial charge in [0, 0.05) is 45.6 Å². The highest BCUT2D eigenvalue weighted by Crippen LogP contribution is 2.52. The van der Waals surface area contributed by atoms with Gasteiger partial charge in [-0.05, 0) is 72.9 Å². The van der Waals surface area contributed by atoms with Gasteiger partial charge in [-0.25, -0.2) is 4.98 Å². The number of aliphatic hydroxyl groups excluding tert-OH is 1. The predicted octanol–water partition coefficient (Wildman–Crippen LogP) is 4.51. The van der Waals surface area contributed by atoms with E-state index in [1.165, 1.54) is 11.0 Å². The molecule has 0 spiro atoms. The van der Waals surface area contributed by atoms with Crippen LogP contribution in [-0.2, 0) is 38.9 Å². The van der Waals surface area contributed by atoms with E-state index in [1.807, 2.05) is 17.0 Å². The Bertz CT molecular complexity index is 1950. The third-order valence-corrected chi connectivity index (χ3v) is 10.7. The number of hydrogen-bond donors (Lipinski definition) is 2. The lowest BCUT2D eigenvalue weighted by molar-refractivity contribution is -0.142. The Kier molecular flexibility index (Phi) is 9.34. The second kappa shape index (κ2) is 13.7. The second-order valence-electron chi connectivity index (χ2n) is 13.9. The van der Waals surface area contributed by atoms with E-state index in [2.05, 4.69) is 23.2 Å². The zero-order valence-corrected chi connectivity index (χ0v) is 28.2. The minimum Gasteiger partial charge on any atom is -0.378 e. The average Bonchev–Trinajstić information content (AvgIpc) is 3.89. The maximum Gasteiger partial charge on any atom is 0.416 e. The molecule has 0 radical (unpaired) electrons. The van der Waals surface area contributed by atoms with Crippen molar-refractivity contribution in [2.75, 3.05) is 32.7 Å². The summed E-state index contributed by atoms with van der Waals surface area (Å²) in [5.74, 6) is -0.0351. The monoisotopic (exact) mass is 703 g/mol. The third-order valence-electron chi connectivity index (χ3n) is 10.7. The first-order valence-electron chi connectivity index (χ1n) is 17.5. The summed E-state index contributed by atoms with van der Waals surface area (Å²) in [6.45, 7) is 2.40. The van der Waals surface area contributed by atoms with Gasteiger partial charge in [0.2, 0.25) is 11.8 Å². The van der Waals surface area contributed by atoms with Crippen LogP contribution in [0.1, 0.15) is 90.4 Å². The number of likely N-dealkylation sites (tertiary alicyclic amines) is 1. The van der Waals surface area contributed by atoms with E-state index in [1.54, 1.807) is 4.90 Å². The fraction of sp³-hybridized carbons (Fsp3) is 0.447. The van der Waals surface area contributed by atoms with E-state index < -0.39 is 29.2 Å². The van der Waals surface area contributed by atoms with Crippen molar-refractivity contribution in [2.45, 2.75) is 75.6 Å². The number of amides is 3. The predicted molar refractivity (Wildman–Crippen MR) is 181 cm³/mol. The first-order valence-corrected chi connectivity index (χ1v) is 17.5. The Balaban J connectivity index is 1.04. The summed E-state index contributed by atoms with van der Waals surface area (Å²) in [4.78, 5) is 64.4. The zero-order valence-electron chi connectivity index (χ0n) is 28.2. The molecule has 1 saturated carbocycles. The summed E-state index contributed by atoms with van der Waals surface area (Å²) in [6.07, 6.45) is 0.603. The average molecular weight is 704 g/mol. The van der Waals surface area contributed by atoms with Gasteiger partial charge in [-0.2, -0.15) is 13.2 Å². The van der Waals surface area contributed by atoms with Gasteiger partial charge in [-0.15, -0.1) is 0 Å². The largest absolute Gasteiger partial charge is 0.416 e. The molecule has 0 unspecified atom stereocenters. The van der Waals surface area contributed by atoms with Crippen LogP contribution in [0, 0.1) is 0 Å². The number of rotatable bonds is 8. The van der Waals surface area contributed by atoms with E-state index in [9.17, 15) is 37.5 Å². The van der Waals surface area contributed by atoms with Gasteiger partial charge < -0.3 is 24.8 Å². The van der Waals surface area contributed by atoms with Gasteiger partial charge in [0.15, 0.2) is 6.10 Å². The maximum atomic E-state index is 13.6. The van der Waals surface area contributed by atoms with E-state index >= 15 is 0 Å². The molecule has 4 aliphatic rings. The van der Waals surface area contributed by atoms with Gasteiger partial charge in [-0.1, -0.05) is 42.5 Å². The van der Waals surface area contributed by atoms with Crippen LogP contribution in [0.3, 0.4) is 0 Å². The lowest BCUT2D eigenvalue weighted by Gasteiger charge is -2.28. The van der Waals surface area contributed by atoms with Gasteiger partial charge >= 0.3 is 6.18 Å². The molecule has 268 valence electrons. The number of nitrogens with zero attached hydrogens (tertiary/aromatic N) is 4. The van der Waals surface area contributed by atoms with Gasteiger partial charge in [0.25, 0.3) is 11.5 Å². The summed E-state index contributed by atoms with van der Waals surface area (Å²) >= 11 is 0. The molecule has 0 bridgehead atoms. The number of nitrogens with one attached hydrogen (secondary N) is 1. The minimum absolute atomic E-state index is 0.0494. The molecule has 2 N–H and O–H groups in total. The number of hydrogen-bond acceptors (Lipinski definition) is 6. The number of carbonyl (C=O) groups is 3. The molecule has 4 heterocycles.